The molecule has 0 aliphatic carbocycles. The van der Waals surface area contributed by atoms with E-state index in [2.05, 4.69) is 46.8 Å². The van der Waals surface area contributed by atoms with Gasteiger partial charge in [0, 0.05) is 34.6 Å². The van der Waals surface area contributed by atoms with Crippen LogP contribution in [-0.4, -0.2) is 69.5 Å². The van der Waals surface area contributed by atoms with E-state index in [0.29, 0.717) is 24.5 Å². The van der Waals surface area contributed by atoms with E-state index >= 15 is 0 Å². The zero-order chi connectivity index (χ0) is 35.4. The molecule has 0 saturated heterocycles. The summed E-state index contributed by atoms with van der Waals surface area (Å²) < 4.78 is 3.75. The van der Waals surface area contributed by atoms with Gasteiger partial charge in [-0.25, -0.2) is 9.36 Å². The first-order valence-corrected chi connectivity index (χ1v) is 17.7. The summed E-state index contributed by atoms with van der Waals surface area (Å²) in [7, 11) is 2.06. The number of benzene rings is 6. The van der Waals surface area contributed by atoms with E-state index in [-0.39, 0.29) is 11.8 Å². The molecule has 258 valence electrons. The lowest BCUT2D eigenvalue weighted by molar-refractivity contribution is 0.0942. The second-order valence-corrected chi connectivity index (χ2v) is 13.1. The topological polar surface area (TPSA) is 97.1 Å². The number of para-hydroxylation sites is 2. The fraction of sp³-hybridized carbons (Fsp3) is 0.163. The van der Waals surface area contributed by atoms with Gasteiger partial charge in [-0.3, -0.25) is 9.59 Å². The van der Waals surface area contributed by atoms with Crippen LogP contribution >= 0.6 is 0 Å². The molecule has 2 amide bonds. The van der Waals surface area contributed by atoms with Crippen LogP contribution in [0.5, 0.6) is 0 Å². The average molecular weight is 686 g/mol. The Bertz CT molecular complexity index is 2360. The fourth-order valence-corrected chi connectivity index (χ4v) is 6.99. The standard InChI is InChI=1S/C43H39N7O2/c1-48(28-12-26-44-42(51)38-36-24-22-30-14-8-10-20-34(30)40(36)49(46-38)32-16-4-2-5-17-32)29-13-27-45-43(52)39-37-25-23-31-15-9-11-21-35(31)41(37)50(47-39)33-18-6-3-7-19-33/h2-11,14-25H,12-13,26-29H2,1H3,(H,44,51)(H,45,52). The first-order valence-electron chi connectivity index (χ1n) is 17.7. The molecular weight excluding hydrogens is 647 g/mol. The highest BCUT2D eigenvalue weighted by Crippen LogP contribution is 2.31. The van der Waals surface area contributed by atoms with Crippen LogP contribution in [0.15, 0.2) is 133 Å². The van der Waals surface area contributed by atoms with E-state index in [0.717, 1.165) is 80.7 Å². The molecular formula is C43H39N7O2. The number of amides is 2. The Balaban J connectivity index is 0.863. The summed E-state index contributed by atoms with van der Waals surface area (Å²) in [4.78, 5) is 29.1. The number of hydrogen-bond acceptors (Lipinski definition) is 5. The lowest BCUT2D eigenvalue weighted by atomic mass is 10.1. The third kappa shape index (κ3) is 6.38. The molecule has 6 aromatic carbocycles. The highest BCUT2D eigenvalue weighted by Gasteiger charge is 2.21. The number of aromatic nitrogens is 4. The van der Waals surface area contributed by atoms with Gasteiger partial charge in [0.05, 0.1) is 22.4 Å². The van der Waals surface area contributed by atoms with Crippen molar-refractivity contribution < 1.29 is 9.59 Å². The lowest BCUT2D eigenvalue weighted by Crippen LogP contribution is -2.31. The largest absolute Gasteiger partial charge is 0.351 e. The molecule has 0 saturated carbocycles. The molecule has 0 unspecified atom stereocenters. The summed E-state index contributed by atoms with van der Waals surface area (Å²) in [5.41, 5.74) is 4.50. The highest BCUT2D eigenvalue weighted by molar-refractivity contribution is 6.15. The van der Waals surface area contributed by atoms with Crippen LogP contribution in [0.1, 0.15) is 33.8 Å². The quantitative estimate of drug-likeness (QED) is 0.130. The van der Waals surface area contributed by atoms with Crippen LogP contribution < -0.4 is 10.6 Å². The molecule has 0 fully saturated rings. The van der Waals surface area contributed by atoms with Crippen molar-refractivity contribution in [1.29, 1.82) is 0 Å². The van der Waals surface area contributed by atoms with Gasteiger partial charge in [-0.05, 0) is 80.1 Å². The Labute approximate surface area is 301 Å². The number of nitrogens with zero attached hydrogens (tertiary/aromatic N) is 5. The summed E-state index contributed by atoms with van der Waals surface area (Å²) in [6.45, 7) is 2.66. The molecule has 0 bridgehead atoms. The summed E-state index contributed by atoms with van der Waals surface area (Å²) in [5, 5.41) is 21.8. The maximum atomic E-state index is 13.5. The average Bonchev–Trinajstić information content (AvgIpc) is 3.79. The second kappa shape index (κ2) is 14.5. The summed E-state index contributed by atoms with van der Waals surface area (Å²) >= 11 is 0. The Morgan fingerprint density at radius 3 is 1.37 bits per heavy atom. The number of rotatable bonds is 12. The number of hydrogen-bond donors (Lipinski definition) is 2. The Kier molecular flexibility index (Phi) is 9.16. The van der Waals surface area contributed by atoms with Gasteiger partial charge in [-0.1, -0.05) is 97.1 Å². The van der Waals surface area contributed by atoms with E-state index in [9.17, 15) is 9.59 Å². The Morgan fingerprint density at radius 2 is 0.923 bits per heavy atom. The molecule has 2 N–H and O–H groups in total. The van der Waals surface area contributed by atoms with Crippen LogP contribution in [-0.2, 0) is 0 Å². The zero-order valence-corrected chi connectivity index (χ0v) is 29.0. The van der Waals surface area contributed by atoms with Crippen molar-refractivity contribution in [2.24, 2.45) is 0 Å². The molecule has 0 atom stereocenters. The third-order valence-electron chi connectivity index (χ3n) is 9.57. The van der Waals surface area contributed by atoms with Gasteiger partial charge in [0.1, 0.15) is 0 Å². The minimum atomic E-state index is -0.185. The van der Waals surface area contributed by atoms with Crippen molar-refractivity contribution in [1.82, 2.24) is 35.1 Å². The minimum absolute atomic E-state index is 0.185. The molecule has 2 heterocycles. The molecule has 2 aromatic heterocycles. The van der Waals surface area contributed by atoms with E-state index < -0.39 is 0 Å². The van der Waals surface area contributed by atoms with E-state index in [4.69, 9.17) is 10.2 Å². The molecule has 8 aromatic rings. The molecule has 0 spiro atoms. The van der Waals surface area contributed by atoms with Crippen molar-refractivity contribution >= 4 is 55.2 Å². The zero-order valence-electron chi connectivity index (χ0n) is 29.0. The second-order valence-electron chi connectivity index (χ2n) is 13.1. The first-order chi connectivity index (χ1) is 25.6. The van der Waals surface area contributed by atoms with Gasteiger partial charge < -0.3 is 15.5 Å². The van der Waals surface area contributed by atoms with Crippen LogP contribution in [0.3, 0.4) is 0 Å². The van der Waals surface area contributed by atoms with E-state index in [1.807, 2.05) is 119 Å². The predicted molar refractivity (Wildman–Crippen MR) is 209 cm³/mol. The normalized spacial score (nSPS) is 11.6. The number of carbonyl (C=O) groups is 2. The third-order valence-corrected chi connectivity index (χ3v) is 9.57. The fourth-order valence-electron chi connectivity index (χ4n) is 6.99. The number of nitrogens with one attached hydrogen (secondary N) is 2. The Morgan fingerprint density at radius 1 is 0.519 bits per heavy atom. The predicted octanol–water partition coefficient (Wildman–Crippen LogP) is 7.54. The molecule has 0 aliphatic rings. The van der Waals surface area contributed by atoms with Crippen LogP contribution in [0, 0.1) is 0 Å². The van der Waals surface area contributed by atoms with Crippen molar-refractivity contribution in [3.63, 3.8) is 0 Å². The van der Waals surface area contributed by atoms with Crippen molar-refractivity contribution in [3.8, 4) is 11.4 Å². The van der Waals surface area contributed by atoms with Gasteiger partial charge in [0.2, 0.25) is 0 Å². The highest BCUT2D eigenvalue weighted by atomic mass is 16.2. The number of carbonyl (C=O) groups excluding carboxylic acids is 2. The SMILES string of the molecule is CN(CCCNC(=O)c1nn(-c2ccccc2)c2c1ccc1ccccc12)CCCNC(=O)c1nn(-c2ccccc2)c2c1ccc1ccccc12. The van der Waals surface area contributed by atoms with Gasteiger partial charge >= 0.3 is 0 Å². The maximum absolute atomic E-state index is 13.5. The van der Waals surface area contributed by atoms with Crippen molar-refractivity contribution in [2.45, 2.75) is 12.8 Å². The molecule has 9 heteroatoms. The summed E-state index contributed by atoms with van der Waals surface area (Å²) in [6, 6.07) is 44.3. The lowest BCUT2D eigenvalue weighted by Gasteiger charge is -2.16. The van der Waals surface area contributed by atoms with Gasteiger partial charge in [0.25, 0.3) is 11.8 Å². The maximum Gasteiger partial charge on any atom is 0.272 e. The van der Waals surface area contributed by atoms with Gasteiger partial charge in [0.15, 0.2) is 11.4 Å². The monoisotopic (exact) mass is 685 g/mol. The molecule has 9 nitrogen and oxygen atoms in total. The van der Waals surface area contributed by atoms with E-state index in [1.165, 1.54) is 0 Å². The van der Waals surface area contributed by atoms with Gasteiger partial charge in [-0.2, -0.15) is 10.2 Å². The minimum Gasteiger partial charge on any atom is -0.351 e. The molecule has 0 aliphatic heterocycles. The van der Waals surface area contributed by atoms with Gasteiger partial charge in [-0.15, -0.1) is 0 Å². The molecule has 8 rings (SSSR count). The molecule has 0 radical (unpaired) electrons. The Hall–Kier alpha value is -6.32. The van der Waals surface area contributed by atoms with Crippen LogP contribution in [0.4, 0.5) is 0 Å². The van der Waals surface area contributed by atoms with Crippen LogP contribution in [0.2, 0.25) is 0 Å². The van der Waals surface area contributed by atoms with Crippen LogP contribution in [0.25, 0.3) is 54.7 Å². The smallest absolute Gasteiger partial charge is 0.272 e. The summed E-state index contributed by atoms with van der Waals surface area (Å²) in [6.07, 6.45) is 1.57. The van der Waals surface area contributed by atoms with E-state index in [1.54, 1.807) is 0 Å². The summed E-state index contributed by atoms with van der Waals surface area (Å²) in [5.74, 6) is -0.369. The molecule has 52 heavy (non-hydrogen) atoms. The van der Waals surface area contributed by atoms with Crippen molar-refractivity contribution in [2.75, 3.05) is 33.2 Å². The first kappa shape index (κ1) is 32.9. The number of fused-ring (bicyclic) bond motifs is 6. The van der Waals surface area contributed by atoms with Crippen molar-refractivity contribution in [3.05, 3.63) is 145 Å².